The summed E-state index contributed by atoms with van der Waals surface area (Å²) in [5.74, 6) is -3.94. The maximum absolute atomic E-state index is 12.3. The molecule has 0 nitrogen and oxygen atoms in total. The number of alkyl halides is 3. The number of halogens is 3. The monoisotopic (exact) mass is 254 g/mol. The van der Waals surface area contributed by atoms with Crippen LogP contribution in [0.25, 0.3) is 0 Å². The van der Waals surface area contributed by atoms with Gasteiger partial charge >= 0.3 is 5.92 Å². The third-order valence-corrected chi connectivity index (χ3v) is 4.54. The maximum Gasteiger partial charge on any atom is 0.402 e. The van der Waals surface area contributed by atoms with Gasteiger partial charge in [0.05, 0.1) is 0 Å². The zero-order valence-electron chi connectivity index (χ0n) is 9.78. The third kappa shape index (κ3) is 7.49. The lowest BCUT2D eigenvalue weighted by Crippen LogP contribution is -2.09. The van der Waals surface area contributed by atoms with Crippen molar-refractivity contribution >= 4 is 8.58 Å². The lowest BCUT2D eigenvalue weighted by atomic mass is 10.1. The van der Waals surface area contributed by atoms with Crippen LogP contribution in [0, 0.1) is 0 Å². The van der Waals surface area contributed by atoms with Crippen LogP contribution in [0.2, 0.25) is 0 Å². The minimum Gasteiger partial charge on any atom is -0.167 e. The molecule has 0 saturated heterocycles. The maximum atomic E-state index is 12.3. The summed E-state index contributed by atoms with van der Waals surface area (Å²) in [5.41, 5.74) is -0.0851. The highest BCUT2D eigenvalue weighted by Crippen LogP contribution is 2.44. The number of hydrogen-bond donors (Lipinski definition) is 0. The summed E-state index contributed by atoms with van der Waals surface area (Å²) in [6, 6.07) is 0. The molecule has 1 rings (SSSR count). The number of rotatable bonds is 1. The van der Waals surface area contributed by atoms with E-state index in [1.165, 1.54) is 25.7 Å². The summed E-state index contributed by atoms with van der Waals surface area (Å²) in [4.78, 5) is 0. The standard InChI is InChI=1S/C12H22F3P/c13-12(14,15)16-11-9-7-5-3-1-2-4-6-8-10-11/h11,16H,1-10H2. The topological polar surface area (TPSA) is 0 Å². The van der Waals surface area contributed by atoms with Gasteiger partial charge in [0.2, 0.25) is 0 Å². The van der Waals surface area contributed by atoms with E-state index >= 15 is 0 Å². The van der Waals surface area contributed by atoms with Gasteiger partial charge in [-0.2, -0.15) is 13.2 Å². The van der Waals surface area contributed by atoms with Crippen LogP contribution in [-0.4, -0.2) is 11.6 Å². The molecule has 1 atom stereocenters. The Labute approximate surface area is 98.2 Å². The van der Waals surface area contributed by atoms with Crippen LogP contribution in [0.4, 0.5) is 13.2 Å². The van der Waals surface area contributed by atoms with E-state index in [4.69, 9.17) is 0 Å². The Morgan fingerprint density at radius 1 is 0.688 bits per heavy atom. The van der Waals surface area contributed by atoms with Crippen LogP contribution in [0.5, 0.6) is 0 Å². The van der Waals surface area contributed by atoms with Crippen molar-refractivity contribution < 1.29 is 13.2 Å². The minimum absolute atomic E-state index is 0.0851. The van der Waals surface area contributed by atoms with Crippen LogP contribution in [0.3, 0.4) is 0 Å². The first-order chi connectivity index (χ1) is 7.58. The van der Waals surface area contributed by atoms with E-state index in [2.05, 4.69) is 0 Å². The van der Waals surface area contributed by atoms with Gasteiger partial charge in [-0.1, -0.05) is 51.4 Å². The summed E-state index contributed by atoms with van der Waals surface area (Å²) < 4.78 is 37.0. The van der Waals surface area contributed by atoms with Crippen molar-refractivity contribution in [2.24, 2.45) is 0 Å². The Morgan fingerprint density at radius 2 is 1.06 bits per heavy atom. The molecule has 16 heavy (non-hydrogen) atoms. The van der Waals surface area contributed by atoms with Gasteiger partial charge in [-0.05, 0) is 27.1 Å². The predicted molar refractivity (Wildman–Crippen MR) is 64.3 cm³/mol. The first kappa shape index (κ1) is 14.3. The van der Waals surface area contributed by atoms with Crippen molar-refractivity contribution in [1.82, 2.24) is 0 Å². The van der Waals surface area contributed by atoms with E-state index in [0.717, 1.165) is 38.5 Å². The van der Waals surface area contributed by atoms with E-state index in [9.17, 15) is 13.2 Å². The van der Waals surface area contributed by atoms with Gasteiger partial charge in [0.1, 0.15) is 0 Å². The Bertz CT molecular complexity index is 168. The molecule has 0 aromatic carbocycles. The molecule has 1 fully saturated rings. The Hall–Kier alpha value is 0.220. The molecule has 0 amide bonds. The van der Waals surface area contributed by atoms with Gasteiger partial charge in [-0.15, -0.1) is 0 Å². The van der Waals surface area contributed by atoms with Crippen LogP contribution < -0.4 is 0 Å². The van der Waals surface area contributed by atoms with Crippen LogP contribution in [0.15, 0.2) is 0 Å². The van der Waals surface area contributed by atoms with E-state index < -0.39 is 14.5 Å². The van der Waals surface area contributed by atoms with Crippen molar-refractivity contribution in [2.45, 2.75) is 75.8 Å². The average molecular weight is 254 g/mol. The molecule has 0 radical (unpaired) electrons. The normalized spacial score (nSPS) is 23.4. The molecule has 0 heterocycles. The molecular formula is C12H22F3P. The fraction of sp³-hybridized carbons (Fsp3) is 1.00. The lowest BCUT2D eigenvalue weighted by Gasteiger charge is -2.18. The molecule has 0 bridgehead atoms. The molecule has 1 aliphatic rings. The second kappa shape index (κ2) is 7.53. The SMILES string of the molecule is FC(F)(F)PC1CCCCCCCCCC1. The molecule has 4 heteroatoms. The van der Waals surface area contributed by atoms with Crippen LogP contribution >= 0.6 is 8.58 Å². The molecule has 0 aliphatic heterocycles. The smallest absolute Gasteiger partial charge is 0.167 e. The fourth-order valence-electron chi connectivity index (χ4n) is 2.36. The second-order valence-electron chi connectivity index (χ2n) is 4.74. The van der Waals surface area contributed by atoms with Crippen LogP contribution in [0.1, 0.15) is 64.2 Å². The minimum atomic E-state index is -3.94. The molecule has 0 spiro atoms. The highest BCUT2D eigenvalue weighted by molar-refractivity contribution is 7.40. The molecule has 1 aliphatic carbocycles. The molecule has 1 unspecified atom stereocenters. The zero-order chi connectivity index (χ0) is 11.9. The molecule has 0 N–H and O–H groups in total. The second-order valence-corrected chi connectivity index (χ2v) is 6.42. The molecule has 0 aromatic heterocycles. The quantitative estimate of drug-likeness (QED) is 0.544. The van der Waals surface area contributed by atoms with E-state index in [1.54, 1.807) is 0 Å². The van der Waals surface area contributed by atoms with E-state index in [1.807, 2.05) is 0 Å². The Kier molecular flexibility index (Phi) is 6.72. The first-order valence-corrected chi connectivity index (χ1v) is 7.50. The molecule has 0 aromatic rings. The van der Waals surface area contributed by atoms with Gasteiger partial charge in [-0.25, -0.2) is 0 Å². The van der Waals surface area contributed by atoms with E-state index in [0.29, 0.717) is 0 Å². The highest BCUT2D eigenvalue weighted by Gasteiger charge is 2.31. The van der Waals surface area contributed by atoms with Gasteiger partial charge in [-0.3, -0.25) is 0 Å². The van der Waals surface area contributed by atoms with Crippen molar-refractivity contribution in [3.05, 3.63) is 0 Å². The van der Waals surface area contributed by atoms with Gasteiger partial charge in [0.15, 0.2) is 0 Å². The van der Waals surface area contributed by atoms with E-state index in [-0.39, 0.29) is 5.66 Å². The molecular weight excluding hydrogens is 232 g/mol. The Morgan fingerprint density at radius 3 is 1.44 bits per heavy atom. The fourth-order valence-corrected chi connectivity index (χ4v) is 3.52. The summed E-state index contributed by atoms with van der Waals surface area (Å²) in [6.07, 6.45) is 10.8. The summed E-state index contributed by atoms with van der Waals surface area (Å²) in [7, 11) is -0.824. The summed E-state index contributed by atoms with van der Waals surface area (Å²) in [5, 5.41) is 0. The highest BCUT2D eigenvalue weighted by atomic mass is 31.1. The predicted octanol–water partition coefficient (Wildman–Crippen LogP) is 5.47. The summed E-state index contributed by atoms with van der Waals surface area (Å²) >= 11 is 0. The van der Waals surface area contributed by atoms with Gasteiger partial charge in [0, 0.05) is 0 Å². The third-order valence-electron chi connectivity index (χ3n) is 3.22. The average Bonchev–Trinajstić information content (AvgIpc) is 2.22. The largest absolute Gasteiger partial charge is 0.402 e. The molecule has 96 valence electrons. The summed E-state index contributed by atoms with van der Waals surface area (Å²) in [6.45, 7) is 0. The zero-order valence-corrected chi connectivity index (χ0v) is 10.8. The lowest BCUT2D eigenvalue weighted by molar-refractivity contribution is -0.0379. The van der Waals surface area contributed by atoms with Crippen molar-refractivity contribution in [3.8, 4) is 0 Å². The van der Waals surface area contributed by atoms with Gasteiger partial charge in [0.25, 0.3) is 0 Å². The van der Waals surface area contributed by atoms with Crippen LogP contribution in [-0.2, 0) is 0 Å². The van der Waals surface area contributed by atoms with Gasteiger partial charge < -0.3 is 0 Å². The Balaban J connectivity index is 2.33. The van der Waals surface area contributed by atoms with Crippen molar-refractivity contribution in [1.29, 1.82) is 0 Å². The van der Waals surface area contributed by atoms with Crippen molar-refractivity contribution in [3.63, 3.8) is 0 Å². The number of hydrogen-bond acceptors (Lipinski definition) is 0. The first-order valence-electron chi connectivity index (χ1n) is 6.42. The van der Waals surface area contributed by atoms with Crippen molar-refractivity contribution in [2.75, 3.05) is 0 Å². The molecule has 1 saturated carbocycles.